The van der Waals surface area contributed by atoms with Crippen LogP contribution in [0.25, 0.3) is 0 Å². The second-order valence-corrected chi connectivity index (χ2v) is 5.19. The van der Waals surface area contributed by atoms with Gasteiger partial charge >= 0.3 is 0 Å². The molecule has 1 N–H and O–H groups in total. The molecule has 0 radical (unpaired) electrons. The summed E-state index contributed by atoms with van der Waals surface area (Å²) in [6.07, 6.45) is 0. The minimum atomic E-state index is -1.28. The summed E-state index contributed by atoms with van der Waals surface area (Å²) in [5.74, 6) is -1.15. The average molecular weight is 325 g/mol. The molecular formula is C18H17N2O4-. The summed E-state index contributed by atoms with van der Waals surface area (Å²) in [6, 6.07) is 13.9. The number of nitrogens with zero attached hydrogens (tertiary/aromatic N) is 1. The molecular weight excluding hydrogens is 308 g/mol. The second kappa shape index (κ2) is 7.92. The number of aliphatic carboxylic acids is 1. The molecule has 0 bridgehead atoms. The number of ether oxygens (including phenoxy) is 1. The number of carboxylic acid groups (broad SMARTS) is 1. The van der Waals surface area contributed by atoms with Crippen molar-refractivity contribution < 1.29 is 19.4 Å². The maximum Gasteiger partial charge on any atom is 0.271 e. The van der Waals surface area contributed by atoms with Crippen LogP contribution in [0.3, 0.4) is 0 Å². The molecule has 2 aromatic carbocycles. The molecule has 0 aliphatic heterocycles. The Morgan fingerprint density at radius 2 is 1.62 bits per heavy atom. The minimum Gasteiger partial charge on any atom is -0.546 e. The van der Waals surface area contributed by atoms with Crippen molar-refractivity contribution in [2.24, 2.45) is 5.10 Å². The van der Waals surface area contributed by atoms with Crippen molar-refractivity contribution in [1.29, 1.82) is 0 Å². The van der Waals surface area contributed by atoms with E-state index in [2.05, 4.69) is 10.5 Å². The molecule has 2 rings (SSSR count). The number of carboxylic acids is 1. The molecule has 0 spiro atoms. The van der Waals surface area contributed by atoms with E-state index < -0.39 is 12.6 Å². The first kappa shape index (κ1) is 17.2. The zero-order valence-electron chi connectivity index (χ0n) is 13.4. The van der Waals surface area contributed by atoms with E-state index in [1.165, 1.54) is 0 Å². The molecule has 0 saturated heterocycles. The molecule has 0 heterocycles. The summed E-state index contributed by atoms with van der Waals surface area (Å²) < 4.78 is 5.00. The first-order valence-corrected chi connectivity index (χ1v) is 7.30. The number of hydrogen-bond acceptors (Lipinski definition) is 5. The summed E-state index contributed by atoms with van der Waals surface area (Å²) in [6.45, 7) is 3.20. The van der Waals surface area contributed by atoms with Gasteiger partial charge in [-0.1, -0.05) is 17.7 Å². The van der Waals surface area contributed by atoms with Gasteiger partial charge in [0, 0.05) is 5.56 Å². The van der Waals surface area contributed by atoms with Gasteiger partial charge in [-0.3, -0.25) is 4.79 Å². The fraction of sp³-hybridized carbons (Fsp3) is 0.167. The van der Waals surface area contributed by atoms with Gasteiger partial charge in [0.2, 0.25) is 0 Å². The molecule has 0 unspecified atom stereocenters. The normalized spacial score (nSPS) is 11.0. The van der Waals surface area contributed by atoms with Crippen LogP contribution in [0.5, 0.6) is 5.75 Å². The van der Waals surface area contributed by atoms with Crippen LogP contribution in [0.15, 0.2) is 53.6 Å². The Bertz CT molecular complexity index is 750. The van der Waals surface area contributed by atoms with Crippen molar-refractivity contribution in [3.05, 3.63) is 65.2 Å². The number of hydrogen-bond donors (Lipinski definition) is 1. The first-order valence-electron chi connectivity index (χ1n) is 7.30. The summed E-state index contributed by atoms with van der Waals surface area (Å²) in [5.41, 5.74) is 5.50. The zero-order chi connectivity index (χ0) is 17.5. The number of amides is 1. The van der Waals surface area contributed by atoms with E-state index in [4.69, 9.17) is 4.74 Å². The van der Waals surface area contributed by atoms with E-state index >= 15 is 0 Å². The van der Waals surface area contributed by atoms with Crippen LogP contribution in [0, 0.1) is 6.92 Å². The second-order valence-electron chi connectivity index (χ2n) is 5.19. The Morgan fingerprint density at radius 3 is 2.21 bits per heavy atom. The standard InChI is InChI=1S/C18H18N2O4/c1-12-3-5-15(6-4-12)18(23)20-19-13(2)14-7-9-16(10-8-14)24-11-17(21)22/h3-10H,11H2,1-2H3,(H,20,23)(H,21,22)/p-1/b19-13-. The first-order chi connectivity index (χ1) is 11.5. The monoisotopic (exact) mass is 325 g/mol. The number of benzene rings is 2. The molecule has 6 heteroatoms. The molecule has 0 aromatic heterocycles. The lowest BCUT2D eigenvalue weighted by Gasteiger charge is -2.08. The van der Waals surface area contributed by atoms with Crippen molar-refractivity contribution in [2.75, 3.05) is 6.61 Å². The highest BCUT2D eigenvalue weighted by Crippen LogP contribution is 2.12. The zero-order valence-corrected chi connectivity index (χ0v) is 13.4. The third kappa shape index (κ3) is 4.95. The van der Waals surface area contributed by atoms with Gasteiger partial charge in [0.05, 0.1) is 11.7 Å². The van der Waals surface area contributed by atoms with Gasteiger partial charge in [-0.05, 0) is 55.8 Å². The molecule has 0 atom stereocenters. The van der Waals surface area contributed by atoms with Crippen LogP contribution < -0.4 is 15.3 Å². The van der Waals surface area contributed by atoms with Gasteiger partial charge in [0.15, 0.2) is 0 Å². The lowest BCUT2D eigenvalue weighted by Crippen LogP contribution is -2.28. The Balaban J connectivity index is 1.98. The number of aryl methyl sites for hydroxylation is 1. The van der Waals surface area contributed by atoms with Crippen molar-refractivity contribution in [3.8, 4) is 5.75 Å². The van der Waals surface area contributed by atoms with Gasteiger partial charge in [-0.25, -0.2) is 5.43 Å². The Labute approximate surface area is 139 Å². The van der Waals surface area contributed by atoms with Gasteiger partial charge in [0.1, 0.15) is 12.4 Å². The molecule has 6 nitrogen and oxygen atoms in total. The third-order valence-electron chi connectivity index (χ3n) is 3.27. The SMILES string of the molecule is C/C(=N/NC(=O)c1ccc(C)cc1)c1ccc(OCC(=O)[O-])cc1. The topological polar surface area (TPSA) is 90.8 Å². The van der Waals surface area contributed by atoms with Crippen molar-refractivity contribution in [1.82, 2.24) is 5.43 Å². The molecule has 124 valence electrons. The summed E-state index contributed by atoms with van der Waals surface area (Å²) in [4.78, 5) is 22.3. The Hall–Kier alpha value is -3.15. The highest BCUT2D eigenvalue weighted by Gasteiger charge is 2.04. The molecule has 0 fully saturated rings. The number of hydrazone groups is 1. The fourth-order valence-corrected chi connectivity index (χ4v) is 1.90. The van der Waals surface area contributed by atoms with Gasteiger partial charge in [0.25, 0.3) is 5.91 Å². The predicted molar refractivity (Wildman–Crippen MR) is 87.8 cm³/mol. The number of nitrogens with one attached hydrogen (secondary N) is 1. The van der Waals surface area contributed by atoms with E-state index in [0.29, 0.717) is 17.0 Å². The highest BCUT2D eigenvalue weighted by atomic mass is 16.5. The van der Waals surface area contributed by atoms with E-state index in [1.807, 2.05) is 19.1 Å². The highest BCUT2D eigenvalue weighted by molar-refractivity contribution is 6.00. The fourth-order valence-electron chi connectivity index (χ4n) is 1.90. The summed E-state index contributed by atoms with van der Waals surface area (Å²) in [5, 5.41) is 14.4. The number of carbonyl (C=O) groups is 2. The summed E-state index contributed by atoms with van der Waals surface area (Å²) in [7, 11) is 0. The smallest absolute Gasteiger partial charge is 0.271 e. The molecule has 0 aliphatic rings. The van der Waals surface area contributed by atoms with E-state index in [1.54, 1.807) is 43.3 Å². The van der Waals surface area contributed by atoms with Crippen molar-refractivity contribution >= 4 is 17.6 Å². The maximum atomic E-state index is 12.0. The van der Waals surface area contributed by atoms with Crippen LogP contribution in [0.2, 0.25) is 0 Å². The molecule has 0 aliphatic carbocycles. The van der Waals surface area contributed by atoms with E-state index in [0.717, 1.165) is 11.1 Å². The van der Waals surface area contributed by atoms with Crippen molar-refractivity contribution in [2.45, 2.75) is 13.8 Å². The Morgan fingerprint density at radius 1 is 1.04 bits per heavy atom. The third-order valence-corrected chi connectivity index (χ3v) is 3.27. The summed E-state index contributed by atoms with van der Waals surface area (Å²) >= 11 is 0. The van der Waals surface area contributed by atoms with Gasteiger partial charge < -0.3 is 14.6 Å². The lowest BCUT2D eigenvalue weighted by molar-refractivity contribution is -0.307. The molecule has 2 aromatic rings. The van der Waals surface area contributed by atoms with Crippen LogP contribution in [-0.4, -0.2) is 24.2 Å². The minimum absolute atomic E-state index is 0.289. The molecule has 24 heavy (non-hydrogen) atoms. The van der Waals surface area contributed by atoms with Crippen molar-refractivity contribution in [3.63, 3.8) is 0 Å². The Kier molecular flexibility index (Phi) is 5.68. The number of carbonyl (C=O) groups excluding carboxylic acids is 2. The predicted octanol–water partition coefficient (Wildman–Crippen LogP) is 1.28. The lowest BCUT2D eigenvalue weighted by atomic mass is 10.1. The van der Waals surface area contributed by atoms with Gasteiger partial charge in [-0.2, -0.15) is 5.10 Å². The largest absolute Gasteiger partial charge is 0.546 e. The van der Waals surface area contributed by atoms with Crippen LogP contribution >= 0.6 is 0 Å². The average Bonchev–Trinajstić information content (AvgIpc) is 2.58. The molecule has 0 saturated carbocycles. The van der Waals surface area contributed by atoms with Gasteiger partial charge in [-0.15, -0.1) is 0 Å². The van der Waals surface area contributed by atoms with Crippen LogP contribution in [-0.2, 0) is 4.79 Å². The maximum absolute atomic E-state index is 12.0. The quantitative estimate of drug-likeness (QED) is 0.640. The molecule has 1 amide bonds. The van der Waals surface area contributed by atoms with Crippen LogP contribution in [0.4, 0.5) is 0 Å². The number of rotatable bonds is 6. The van der Waals surface area contributed by atoms with Crippen LogP contribution in [0.1, 0.15) is 28.4 Å². The van der Waals surface area contributed by atoms with E-state index in [9.17, 15) is 14.7 Å². The van der Waals surface area contributed by atoms with E-state index in [-0.39, 0.29) is 5.91 Å².